The van der Waals surface area contributed by atoms with Crippen molar-refractivity contribution in [2.45, 2.75) is 6.92 Å². The number of hydrogen-bond donors (Lipinski definition) is 1. The molecule has 0 spiro atoms. The monoisotopic (exact) mass is 364 g/mol. The SMILES string of the molecule is COc1cccc(OC)c1C(=O)Nc1ccc(Oc2ccc(C)cc2)nc1. The number of methoxy groups -OCH3 is 2. The van der Waals surface area contributed by atoms with Crippen LogP contribution in [0.25, 0.3) is 0 Å². The Balaban J connectivity index is 1.73. The maximum absolute atomic E-state index is 12.7. The number of nitrogens with zero attached hydrogens (tertiary/aromatic N) is 1. The maximum Gasteiger partial charge on any atom is 0.263 e. The van der Waals surface area contributed by atoms with Crippen molar-refractivity contribution in [1.29, 1.82) is 0 Å². The van der Waals surface area contributed by atoms with E-state index in [2.05, 4.69) is 10.3 Å². The van der Waals surface area contributed by atoms with Crippen LogP contribution >= 0.6 is 0 Å². The molecule has 138 valence electrons. The number of ether oxygens (including phenoxy) is 3. The molecule has 0 atom stereocenters. The minimum atomic E-state index is -0.349. The van der Waals surface area contributed by atoms with Gasteiger partial charge in [0.2, 0.25) is 5.88 Å². The summed E-state index contributed by atoms with van der Waals surface area (Å²) in [6.07, 6.45) is 1.53. The Morgan fingerprint density at radius 1 is 0.926 bits per heavy atom. The van der Waals surface area contributed by atoms with Gasteiger partial charge in [0.25, 0.3) is 5.91 Å². The van der Waals surface area contributed by atoms with E-state index < -0.39 is 0 Å². The number of aryl methyl sites for hydroxylation is 1. The topological polar surface area (TPSA) is 69.7 Å². The number of hydrogen-bond acceptors (Lipinski definition) is 5. The zero-order valence-electron chi connectivity index (χ0n) is 15.4. The molecule has 0 saturated heterocycles. The van der Waals surface area contributed by atoms with Crippen molar-refractivity contribution in [3.8, 4) is 23.1 Å². The Labute approximate surface area is 157 Å². The second-order valence-corrected chi connectivity index (χ2v) is 5.79. The number of rotatable bonds is 6. The zero-order chi connectivity index (χ0) is 19.2. The molecule has 0 aliphatic carbocycles. The van der Waals surface area contributed by atoms with Gasteiger partial charge in [-0.1, -0.05) is 23.8 Å². The number of carbonyl (C=O) groups excluding carboxylic acids is 1. The van der Waals surface area contributed by atoms with Crippen molar-refractivity contribution in [3.05, 3.63) is 71.9 Å². The first-order chi connectivity index (χ1) is 13.1. The minimum Gasteiger partial charge on any atom is -0.496 e. The van der Waals surface area contributed by atoms with Gasteiger partial charge in [-0.3, -0.25) is 4.79 Å². The number of amides is 1. The average molecular weight is 364 g/mol. The highest BCUT2D eigenvalue weighted by atomic mass is 16.5. The van der Waals surface area contributed by atoms with E-state index in [1.807, 2.05) is 31.2 Å². The molecule has 3 aromatic rings. The molecule has 0 radical (unpaired) electrons. The lowest BCUT2D eigenvalue weighted by molar-refractivity contribution is 0.102. The summed E-state index contributed by atoms with van der Waals surface area (Å²) in [5.41, 5.74) is 2.01. The molecular weight excluding hydrogens is 344 g/mol. The Kier molecular flexibility index (Phi) is 5.56. The van der Waals surface area contributed by atoms with Gasteiger partial charge in [-0.25, -0.2) is 4.98 Å². The summed E-state index contributed by atoms with van der Waals surface area (Å²) >= 11 is 0. The van der Waals surface area contributed by atoms with Crippen LogP contribution in [0.3, 0.4) is 0 Å². The molecule has 1 heterocycles. The van der Waals surface area contributed by atoms with E-state index in [0.717, 1.165) is 5.56 Å². The van der Waals surface area contributed by atoms with Gasteiger partial charge in [0.15, 0.2) is 0 Å². The summed E-state index contributed by atoms with van der Waals surface area (Å²) in [6.45, 7) is 2.01. The molecule has 0 aliphatic rings. The fourth-order valence-corrected chi connectivity index (χ4v) is 2.51. The third-order valence-electron chi connectivity index (χ3n) is 3.89. The van der Waals surface area contributed by atoms with Crippen molar-refractivity contribution < 1.29 is 19.0 Å². The summed E-state index contributed by atoms with van der Waals surface area (Å²) in [5.74, 6) is 1.65. The van der Waals surface area contributed by atoms with E-state index in [9.17, 15) is 4.79 Å². The van der Waals surface area contributed by atoms with Gasteiger partial charge in [0.05, 0.1) is 26.1 Å². The average Bonchev–Trinajstić information content (AvgIpc) is 2.70. The van der Waals surface area contributed by atoms with Crippen LogP contribution in [0.2, 0.25) is 0 Å². The van der Waals surface area contributed by atoms with Crippen molar-refractivity contribution in [1.82, 2.24) is 4.98 Å². The van der Waals surface area contributed by atoms with Crippen molar-refractivity contribution in [2.24, 2.45) is 0 Å². The highest BCUT2D eigenvalue weighted by Gasteiger charge is 2.18. The molecule has 1 N–H and O–H groups in total. The van der Waals surface area contributed by atoms with Crippen molar-refractivity contribution in [3.63, 3.8) is 0 Å². The van der Waals surface area contributed by atoms with Gasteiger partial charge in [0.1, 0.15) is 22.8 Å². The third kappa shape index (κ3) is 4.36. The molecule has 27 heavy (non-hydrogen) atoms. The molecule has 0 aliphatic heterocycles. The zero-order valence-corrected chi connectivity index (χ0v) is 15.4. The molecule has 0 fully saturated rings. The summed E-state index contributed by atoms with van der Waals surface area (Å²) in [7, 11) is 3.01. The van der Waals surface area contributed by atoms with Crippen LogP contribution < -0.4 is 19.5 Å². The molecule has 0 bridgehead atoms. The number of aromatic nitrogens is 1. The van der Waals surface area contributed by atoms with E-state index in [1.54, 1.807) is 30.3 Å². The molecule has 6 nitrogen and oxygen atoms in total. The Hall–Kier alpha value is -3.54. The molecule has 0 saturated carbocycles. The van der Waals surface area contributed by atoms with Crippen LogP contribution in [0, 0.1) is 6.92 Å². The maximum atomic E-state index is 12.7. The largest absolute Gasteiger partial charge is 0.496 e. The van der Waals surface area contributed by atoms with E-state index in [0.29, 0.717) is 34.4 Å². The van der Waals surface area contributed by atoms with Gasteiger partial charge >= 0.3 is 0 Å². The number of nitrogens with one attached hydrogen (secondary N) is 1. The van der Waals surface area contributed by atoms with Gasteiger partial charge in [-0.2, -0.15) is 0 Å². The van der Waals surface area contributed by atoms with Crippen LogP contribution in [-0.2, 0) is 0 Å². The van der Waals surface area contributed by atoms with Crippen LogP contribution in [-0.4, -0.2) is 25.1 Å². The van der Waals surface area contributed by atoms with Gasteiger partial charge in [-0.15, -0.1) is 0 Å². The normalized spacial score (nSPS) is 10.2. The summed E-state index contributed by atoms with van der Waals surface area (Å²) in [5, 5.41) is 2.79. The molecule has 1 aromatic heterocycles. The minimum absolute atomic E-state index is 0.322. The fraction of sp³-hybridized carbons (Fsp3) is 0.143. The lowest BCUT2D eigenvalue weighted by Gasteiger charge is -2.13. The first-order valence-electron chi connectivity index (χ1n) is 8.33. The second kappa shape index (κ2) is 8.23. The van der Waals surface area contributed by atoms with E-state index in [1.165, 1.54) is 20.4 Å². The summed E-state index contributed by atoms with van der Waals surface area (Å²) < 4.78 is 16.2. The predicted octanol–water partition coefficient (Wildman–Crippen LogP) is 4.45. The van der Waals surface area contributed by atoms with Crippen LogP contribution in [0.5, 0.6) is 23.1 Å². The van der Waals surface area contributed by atoms with Gasteiger partial charge < -0.3 is 19.5 Å². The van der Waals surface area contributed by atoms with E-state index in [4.69, 9.17) is 14.2 Å². The molecule has 6 heteroatoms. The van der Waals surface area contributed by atoms with Gasteiger partial charge in [0, 0.05) is 6.07 Å². The number of pyridine rings is 1. The van der Waals surface area contributed by atoms with Crippen LogP contribution in [0.1, 0.15) is 15.9 Å². The smallest absolute Gasteiger partial charge is 0.263 e. The molecular formula is C21H20N2O4. The number of anilines is 1. The number of carbonyl (C=O) groups is 1. The van der Waals surface area contributed by atoms with E-state index >= 15 is 0 Å². The quantitative estimate of drug-likeness (QED) is 0.700. The molecule has 2 aromatic carbocycles. The van der Waals surface area contributed by atoms with Crippen molar-refractivity contribution in [2.75, 3.05) is 19.5 Å². The summed E-state index contributed by atoms with van der Waals surface area (Å²) in [4.78, 5) is 16.9. The highest BCUT2D eigenvalue weighted by Crippen LogP contribution is 2.29. The third-order valence-corrected chi connectivity index (χ3v) is 3.89. The Morgan fingerprint density at radius 2 is 1.59 bits per heavy atom. The standard InChI is InChI=1S/C21H20N2O4/c1-14-7-10-16(11-8-14)27-19-12-9-15(13-22-19)23-21(24)20-17(25-2)5-4-6-18(20)26-3/h4-13H,1-3H3,(H,23,24). The lowest BCUT2D eigenvalue weighted by Crippen LogP contribution is -2.14. The predicted molar refractivity (Wildman–Crippen MR) is 103 cm³/mol. The van der Waals surface area contributed by atoms with Crippen LogP contribution in [0.4, 0.5) is 5.69 Å². The fourth-order valence-electron chi connectivity index (χ4n) is 2.51. The first-order valence-corrected chi connectivity index (χ1v) is 8.33. The lowest BCUT2D eigenvalue weighted by atomic mass is 10.1. The van der Waals surface area contributed by atoms with Gasteiger partial charge in [-0.05, 0) is 37.3 Å². The molecule has 3 rings (SSSR count). The Morgan fingerprint density at radius 3 is 2.15 bits per heavy atom. The highest BCUT2D eigenvalue weighted by molar-refractivity contribution is 6.08. The number of benzene rings is 2. The van der Waals surface area contributed by atoms with E-state index in [-0.39, 0.29) is 5.91 Å². The Bertz CT molecular complexity index is 900. The summed E-state index contributed by atoms with van der Waals surface area (Å²) in [6, 6.07) is 16.2. The molecule has 1 amide bonds. The molecule has 0 unspecified atom stereocenters. The van der Waals surface area contributed by atoms with Crippen LogP contribution in [0.15, 0.2) is 60.8 Å². The first kappa shape index (κ1) is 18.3. The van der Waals surface area contributed by atoms with Crippen molar-refractivity contribution >= 4 is 11.6 Å². The second-order valence-electron chi connectivity index (χ2n) is 5.79.